The lowest BCUT2D eigenvalue weighted by Crippen LogP contribution is -2.62. The minimum absolute atomic E-state index is 0.00284. The van der Waals surface area contributed by atoms with Crippen molar-refractivity contribution >= 4 is 85.9 Å². The van der Waals surface area contributed by atoms with Crippen molar-refractivity contribution in [2.24, 2.45) is 111 Å². The predicted molar refractivity (Wildman–Crippen MR) is 453 cm³/mol. The van der Waals surface area contributed by atoms with Gasteiger partial charge in [-0.3, -0.25) is 27.5 Å². The monoisotopic (exact) mass is 1800 g/mol. The number of ether oxygens (including phenoxy) is 11. The average Bonchev–Trinajstić information content (AvgIpc) is 1.22. The predicted octanol–water partition coefficient (Wildman–Crippen LogP) is 12.7. The minimum Gasteiger partial charge on any atom is -0.458 e. The van der Waals surface area contributed by atoms with Gasteiger partial charge in [0.2, 0.25) is 0 Å². The Hall–Kier alpha value is -7.35. The molecule has 0 aromatic heterocycles. The van der Waals surface area contributed by atoms with Crippen molar-refractivity contribution in [3.63, 3.8) is 0 Å². The van der Waals surface area contributed by atoms with Crippen LogP contribution < -0.4 is 0 Å². The molecule has 17 aliphatic carbocycles. The van der Waals surface area contributed by atoms with Crippen molar-refractivity contribution in [2.45, 2.75) is 339 Å². The number of fused-ring (bicyclic) bond motifs is 4. The summed E-state index contributed by atoms with van der Waals surface area (Å²) in [5.74, 6) is 1.73. The summed E-state index contributed by atoms with van der Waals surface area (Å²) in [5, 5.41) is 9.60. The van der Waals surface area contributed by atoms with Crippen LogP contribution in [0.25, 0.3) is 0 Å². The fourth-order valence-electron chi connectivity index (χ4n) is 25.4. The van der Waals surface area contributed by atoms with Crippen LogP contribution in [0.4, 0.5) is 0 Å². The van der Waals surface area contributed by atoms with Gasteiger partial charge in [0.15, 0.2) is 13.2 Å². The second-order valence-electron chi connectivity index (χ2n) is 42.5. The maximum absolute atomic E-state index is 12.1. The van der Waals surface area contributed by atoms with Gasteiger partial charge in [0, 0.05) is 81.6 Å². The van der Waals surface area contributed by atoms with Gasteiger partial charge in [-0.15, -0.1) is 0 Å². The first kappa shape index (κ1) is 96.2. The van der Waals surface area contributed by atoms with Crippen LogP contribution >= 0.6 is 0 Å². The van der Waals surface area contributed by atoms with E-state index in [0.717, 1.165) is 82.5 Å². The third-order valence-electron chi connectivity index (χ3n) is 31.8. The molecule has 1 N–H and O–H groups in total. The number of carbonyl (C=O) groups is 11. The quantitative estimate of drug-likeness (QED) is 0.0482. The molecule has 22 unspecified atom stereocenters. The number of hydrogen-bond acceptors (Lipinski definition) is 29. The van der Waals surface area contributed by atoms with E-state index in [1.54, 1.807) is 41.5 Å². The number of hydrogen-bond donors (Lipinski definition) is 1. The number of carbonyl (C=O) groups excluding carboxylic acids is 11. The van der Waals surface area contributed by atoms with Crippen LogP contribution in [0, 0.1) is 111 Å². The zero-order valence-corrected chi connectivity index (χ0v) is 77.5. The van der Waals surface area contributed by atoms with Gasteiger partial charge < -0.3 is 57.2 Å². The van der Waals surface area contributed by atoms with Crippen LogP contribution in [0.2, 0.25) is 0 Å². The van der Waals surface area contributed by atoms with Crippen LogP contribution in [0.3, 0.4) is 0 Å². The average molecular weight is 1800 g/mol. The summed E-state index contributed by atoms with van der Waals surface area (Å²) >= 11 is 0. The topological polar surface area (TPSA) is 396 Å². The molecule has 0 spiro atoms. The summed E-state index contributed by atoms with van der Waals surface area (Å²) in [6, 6.07) is 0. The standard InChI is InChI=1S/C17H26O2.C15H22O7S.C14H20O4.C14H20O3.C13H16O7S.C12H14O4.C10H16O2/c1-10(2)16(18)19-17(11(3)4)14-6-12-5-13(8-14)9-15(17)7-12;1-4-15(2,3)14(17)20-7-11(16)21-12-8-5-9-10(6-8)23(18,19)22-13(9)12;1-4-14(2,3)13(16)18-10-7-5-8-9(6-7)12(15)17-11(8)10;1-9(2)12(15)17-14-6-10-3-11(7-14)5-13(16,4-10)8-14;1-6(2)13(15)18-5-10(14)19-11-7-3-8-9(4-7)21(16,17)20-12(8)11;1-5(2)11(13)15-9-6-3-7-8(4-6)12(14)16-10(7)9;1-8(2)9(11)12-10(3)6-4-5-7-10/h11-15H,1,5-9H2,2-4H3;8-10,12-13H,4-7H2,1-3H3;7-11H,4-6H2,1-3H3;10-11,16H,1,3-8H2,2H3;7-9,11-12H,1,3-5H2,2H3;6-10H,1,3-4H2,2H3;1,4-7H2,2-3H3. The first-order chi connectivity index (χ1) is 58.8. The van der Waals surface area contributed by atoms with Crippen LogP contribution in [0.1, 0.15) is 257 Å². The molecule has 21 rings (SSSR count). The van der Waals surface area contributed by atoms with Crippen molar-refractivity contribution in [1.29, 1.82) is 0 Å². The third kappa shape index (κ3) is 19.5. The lowest BCUT2D eigenvalue weighted by atomic mass is 9.47. The zero-order valence-electron chi connectivity index (χ0n) is 75.9. The molecule has 4 heterocycles. The van der Waals surface area contributed by atoms with E-state index in [0.29, 0.717) is 108 Å². The molecule has 700 valence electrons. The molecular formula is C95H134O29S2. The van der Waals surface area contributed by atoms with E-state index < -0.39 is 114 Å². The Bertz CT molecular complexity index is 4540. The zero-order chi connectivity index (χ0) is 92.1. The number of esters is 11. The molecule has 0 aromatic rings. The molecule has 0 amide bonds. The van der Waals surface area contributed by atoms with E-state index in [4.69, 9.17) is 60.5 Å². The van der Waals surface area contributed by atoms with E-state index in [1.165, 1.54) is 58.3 Å². The number of rotatable bonds is 21. The highest BCUT2D eigenvalue weighted by Gasteiger charge is 2.69. The maximum atomic E-state index is 12.1. The Morgan fingerprint density at radius 3 is 1.25 bits per heavy atom. The largest absolute Gasteiger partial charge is 0.458 e. The van der Waals surface area contributed by atoms with Crippen LogP contribution in [-0.2, 0) is 133 Å². The Labute approximate surface area is 741 Å². The van der Waals surface area contributed by atoms with Crippen molar-refractivity contribution in [1.82, 2.24) is 0 Å². The molecule has 29 nitrogen and oxygen atoms in total. The molecule has 22 atom stereocenters. The van der Waals surface area contributed by atoms with Crippen molar-refractivity contribution in [3.05, 3.63) is 60.8 Å². The van der Waals surface area contributed by atoms with Crippen molar-refractivity contribution in [3.8, 4) is 0 Å². The van der Waals surface area contributed by atoms with Crippen molar-refractivity contribution < 1.29 is 135 Å². The molecule has 0 aromatic carbocycles. The summed E-state index contributed by atoms with van der Waals surface area (Å²) in [6.07, 6.45) is 20.5. The molecule has 4 aliphatic heterocycles. The van der Waals surface area contributed by atoms with Gasteiger partial charge in [0.05, 0.1) is 38.8 Å². The molecule has 21 aliphatic rings. The van der Waals surface area contributed by atoms with Gasteiger partial charge in [-0.25, -0.2) is 33.6 Å². The van der Waals surface area contributed by atoms with Gasteiger partial charge >= 0.3 is 65.7 Å². The lowest BCUT2D eigenvalue weighted by molar-refractivity contribution is -0.221. The summed E-state index contributed by atoms with van der Waals surface area (Å²) in [4.78, 5) is 128. The second-order valence-corrected chi connectivity index (χ2v) is 46.0. The highest BCUT2D eigenvalue weighted by atomic mass is 32.2. The molecule has 126 heavy (non-hydrogen) atoms. The Kier molecular flexibility index (Phi) is 27.8. The van der Waals surface area contributed by atoms with E-state index in [2.05, 4.69) is 46.7 Å². The molecule has 4 saturated heterocycles. The Morgan fingerprint density at radius 2 is 0.833 bits per heavy atom. The van der Waals surface area contributed by atoms with Gasteiger partial charge in [-0.2, -0.15) is 16.8 Å². The van der Waals surface area contributed by atoms with Gasteiger partial charge in [-0.05, 0) is 265 Å². The summed E-state index contributed by atoms with van der Waals surface area (Å²) in [7, 11) is -7.05. The smallest absolute Gasteiger partial charge is 0.344 e. The summed E-state index contributed by atoms with van der Waals surface area (Å²) in [5.41, 5.74) is -0.427. The molecule has 21 fully saturated rings. The molecular weight excluding hydrogens is 1670 g/mol. The minimum atomic E-state index is -3.53. The second kappa shape index (κ2) is 36.4. The van der Waals surface area contributed by atoms with Crippen LogP contribution in [-0.4, -0.2) is 183 Å². The van der Waals surface area contributed by atoms with E-state index in [1.807, 2.05) is 34.6 Å². The molecule has 16 bridgehead atoms. The molecule has 17 saturated carbocycles. The van der Waals surface area contributed by atoms with Gasteiger partial charge in [-0.1, -0.05) is 60.6 Å². The van der Waals surface area contributed by atoms with E-state index in [9.17, 15) is 74.7 Å². The Balaban J connectivity index is 0.000000127. The van der Waals surface area contributed by atoms with Crippen molar-refractivity contribution in [2.75, 3.05) is 13.2 Å². The highest BCUT2D eigenvalue weighted by Crippen LogP contribution is 2.64. The van der Waals surface area contributed by atoms with E-state index in [-0.39, 0.29) is 124 Å². The molecule has 0 radical (unpaired) electrons. The highest BCUT2D eigenvalue weighted by molar-refractivity contribution is 7.88. The van der Waals surface area contributed by atoms with Gasteiger partial charge in [0.1, 0.15) is 65.6 Å². The van der Waals surface area contributed by atoms with Gasteiger partial charge in [0.25, 0.3) is 20.2 Å². The lowest BCUT2D eigenvalue weighted by Gasteiger charge is -2.61. The van der Waals surface area contributed by atoms with Crippen LogP contribution in [0.15, 0.2) is 60.8 Å². The van der Waals surface area contributed by atoms with Crippen LogP contribution in [0.5, 0.6) is 0 Å². The first-order valence-electron chi connectivity index (χ1n) is 45.9. The normalized spacial score (nSPS) is 39.3. The van der Waals surface area contributed by atoms with E-state index >= 15 is 0 Å². The fraction of sp³-hybridized carbons (Fsp3) is 0.779. The molecule has 31 heteroatoms. The maximum Gasteiger partial charge on any atom is 0.344 e. The SMILES string of the molecule is C=C(C)C(=O)OC1(C(C)C)C2CC3CC(C2)CC1C3.C=C(C)C(=O)OC1(C)CCCC1.C=C(C)C(=O)OC12CC3CC(CC(O)(C3)C1)C2.C=C(C)C(=O)OC1C2CC3C(=O)OC1C3C2.C=C(C)C(=O)OCC(=O)OC1C2CC3C1OS(=O)(=O)C3C2.CCC(C)(C)C(=O)OC1C2CC3C(=O)OC1C3C2.CCC(C)(C)C(=O)OCC(=O)OC1C2CC3C1OS(=O)(=O)C3C2. The first-order valence-corrected chi connectivity index (χ1v) is 48.9. The fourth-order valence-corrected chi connectivity index (χ4v) is 29.2. The summed E-state index contributed by atoms with van der Waals surface area (Å²) in [6.45, 7) is 42.7. The third-order valence-corrected chi connectivity index (χ3v) is 35.4. The number of aliphatic hydroxyl groups is 1. The summed E-state index contributed by atoms with van der Waals surface area (Å²) < 4.78 is 117. The Morgan fingerprint density at radius 1 is 0.452 bits per heavy atom.